The van der Waals surface area contributed by atoms with Gasteiger partial charge in [0.05, 0.1) is 5.75 Å². The molecule has 4 aliphatic rings. The predicted octanol–water partition coefficient (Wildman–Crippen LogP) is 3.58. The van der Waals surface area contributed by atoms with Crippen molar-refractivity contribution >= 4 is 17.7 Å². The summed E-state index contributed by atoms with van der Waals surface area (Å²) in [5.41, 5.74) is 1.30. The van der Waals surface area contributed by atoms with Crippen molar-refractivity contribution in [1.29, 1.82) is 0 Å². The summed E-state index contributed by atoms with van der Waals surface area (Å²) in [6.45, 7) is 0. The van der Waals surface area contributed by atoms with Gasteiger partial charge < -0.3 is 9.88 Å². The number of rotatable bonds is 6. The summed E-state index contributed by atoms with van der Waals surface area (Å²) in [5.74, 6) is 4.03. The highest BCUT2D eigenvalue weighted by Crippen LogP contribution is 2.55. The zero-order valence-electron chi connectivity index (χ0n) is 16.4. The van der Waals surface area contributed by atoms with E-state index in [9.17, 15) is 4.79 Å². The van der Waals surface area contributed by atoms with E-state index in [2.05, 4.69) is 27.6 Å². The van der Waals surface area contributed by atoms with E-state index in [0.717, 1.165) is 35.2 Å². The molecule has 28 heavy (non-hydrogen) atoms. The van der Waals surface area contributed by atoms with Crippen molar-refractivity contribution in [1.82, 2.24) is 20.1 Å². The van der Waals surface area contributed by atoms with Crippen molar-refractivity contribution in [3.63, 3.8) is 0 Å². The van der Waals surface area contributed by atoms with E-state index in [1.807, 2.05) is 29.8 Å². The van der Waals surface area contributed by atoms with Gasteiger partial charge in [0.25, 0.3) is 0 Å². The fourth-order valence-electron chi connectivity index (χ4n) is 6.13. The number of carbonyl (C=O) groups is 1. The second-order valence-electron chi connectivity index (χ2n) is 9.15. The highest BCUT2D eigenvalue weighted by Gasteiger charge is 2.51. The molecule has 1 N–H and O–H groups in total. The van der Waals surface area contributed by atoms with Crippen LogP contribution in [-0.4, -0.2) is 32.0 Å². The first-order valence-electron chi connectivity index (χ1n) is 10.4. The highest BCUT2D eigenvalue weighted by molar-refractivity contribution is 7.99. The molecule has 1 heterocycles. The van der Waals surface area contributed by atoms with Crippen LogP contribution in [0.3, 0.4) is 0 Å². The zero-order valence-corrected chi connectivity index (χ0v) is 17.3. The van der Waals surface area contributed by atoms with Crippen molar-refractivity contribution in [3.8, 4) is 0 Å². The van der Waals surface area contributed by atoms with E-state index < -0.39 is 0 Å². The third kappa shape index (κ3) is 3.59. The quantitative estimate of drug-likeness (QED) is 0.758. The second-order valence-corrected chi connectivity index (χ2v) is 10.1. The van der Waals surface area contributed by atoms with Crippen molar-refractivity contribution in [2.24, 2.45) is 24.8 Å². The molecule has 1 aromatic carbocycles. The molecule has 1 amide bonds. The van der Waals surface area contributed by atoms with Crippen LogP contribution in [0.1, 0.15) is 49.9 Å². The molecule has 0 saturated heterocycles. The van der Waals surface area contributed by atoms with Crippen LogP contribution in [0, 0.1) is 17.8 Å². The summed E-state index contributed by atoms with van der Waals surface area (Å²) < 4.78 is 2.01. The van der Waals surface area contributed by atoms with E-state index in [-0.39, 0.29) is 11.4 Å². The Hall–Kier alpha value is -1.82. The Kier molecular flexibility index (Phi) is 4.69. The van der Waals surface area contributed by atoms with Gasteiger partial charge in [-0.15, -0.1) is 10.2 Å². The maximum absolute atomic E-state index is 12.7. The Balaban J connectivity index is 1.18. The van der Waals surface area contributed by atoms with Gasteiger partial charge in [-0.2, -0.15) is 0 Å². The largest absolute Gasteiger partial charge is 0.350 e. The van der Waals surface area contributed by atoms with Gasteiger partial charge in [0, 0.05) is 19.0 Å². The molecule has 5 nitrogen and oxygen atoms in total. The predicted molar refractivity (Wildman–Crippen MR) is 110 cm³/mol. The molecule has 4 aliphatic carbocycles. The monoisotopic (exact) mass is 396 g/mol. The fraction of sp³-hybridized carbons (Fsp3) is 0.591. The SMILES string of the molecule is Cn1c(Cc2ccccc2)nnc1SCC(=O)NC12CC3CC(CC(C3)C1)C2. The van der Waals surface area contributed by atoms with Crippen LogP contribution in [-0.2, 0) is 18.3 Å². The van der Waals surface area contributed by atoms with E-state index in [4.69, 9.17) is 0 Å². The summed E-state index contributed by atoms with van der Waals surface area (Å²) in [7, 11) is 1.98. The maximum Gasteiger partial charge on any atom is 0.230 e. The van der Waals surface area contributed by atoms with Crippen LogP contribution >= 0.6 is 11.8 Å². The first-order valence-corrected chi connectivity index (χ1v) is 11.4. The molecular weight excluding hydrogens is 368 g/mol. The van der Waals surface area contributed by atoms with Gasteiger partial charge in [0.1, 0.15) is 5.82 Å². The van der Waals surface area contributed by atoms with E-state index in [0.29, 0.717) is 5.75 Å². The van der Waals surface area contributed by atoms with Crippen LogP contribution in [0.25, 0.3) is 0 Å². The molecule has 1 aromatic heterocycles. The smallest absolute Gasteiger partial charge is 0.230 e. The summed E-state index contributed by atoms with van der Waals surface area (Å²) in [6, 6.07) is 10.3. The summed E-state index contributed by atoms with van der Waals surface area (Å²) in [6.07, 6.45) is 8.53. The molecule has 4 bridgehead atoms. The van der Waals surface area contributed by atoms with E-state index in [1.54, 1.807) is 0 Å². The molecule has 0 radical (unpaired) electrons. The van der Waals surface area contributed by atoms with Crippen LogP contribution < -0.4 is 5.32 Å². The number of hydrogen-bond donors (Lipinski definition) is 1. The number of nitrogens with one attached hydrogen (secondary N) is 1. The number of hydrogen-bond acceptors (Lipinski definition) is 4. The van der Waals surface area contributed by atoms with Crippen LogP contribution in [0.5, 0.6) is 0 Å². The minimum absolute atomic E-state index is 0.0880. The van der Waals surface area contributed by atoms with Gasteiger partial charge in [-0.3, -0.25) is 4.79 Å². The third-order valence-electron chi connectivity index (χ3n) is 6.91. The van der Waals surface area contributed by atoms with Crippen LogP contribution in [0.4, 0.5) is 0 Å². The lowest BCUT2D eigenvalue weighted by Crippen LogP contribution is -2.60. The lowest BCUT2D eigenvalue weighted by Gasteiger charge is -2.56. The highest BCUT2D eigenvalue weighted by atomic mass is 32.2. The molecule has 0 unspecified atom stereocenters. The molecule has 4 saturated carbocycles. The summed E-state index contributed by atoms with van der Waals surface area (Å²) in [4.78, 5) is 12.7. The van der Waals surface area contributed by atoms with Gasteiger partial charge in [0.15, 0.2) is 5.16 Å². The Bertz CT molecular complexity index is 827. The number of benzene rings is 1. The minimum atomic E-state index is 0.0880. The fourth-order valence-corrected chi connectivity index (χ4v) is 6.86. The Morgan fingerprint density at radius 1 is 1.11 bits per heavy atom. The van der Waals surface area contributed by atoms with Crippen LogP contribution in [0.15, 0.2) is 35.5 Å². The lowest BCUT2D eigenvalue weighted by atomic mass is 9.53. The molecule has 6 heteroatoms. The number of nitrogens with zero attached hydrogens (tertiary/aromatic N) is 3. The summed E-state index contributed by atoms with van der Waals surface area (Å²) >= 11 is 1.49. The van der Waals surface area contributed by atoms with Gasteiger partial charge >= 0.3 is 0 Å². The van der Waals surface area contributed by atoms with Gasteiger partial charge in [0.2, 0.25) is 5.91 Å². The standard InChI is InChI=1S/C22H28N4OS/c1-26-19(10-15-5-3-2-4-6-15)24-25-21(26)28-14-20(27)23-22-11-16-7-17(12-22)9-18(8-16)13-22/h2-6,16-18H,7-14H2,1H3,(H,23,27). The second kappa shape index (κ2) is 7.21. The molecule has 148 valence electrons. The topological polar surface area (TPSA) is 59.8 Å². The minimum Gasteiger partial charge on any atom is -0.350 e. The van der Waals surface area contributed by atoms with Crippen LogP contribution in [0.2, 0.25) is 0 Å². The molecule has 0 atom stereocenters. The van der Waals surface area contributed by atoms with Crippen molar-refractivity contribution < 1.29 is 4.79 Å². The number of aromatic nitrogens is 3. The normalized spacial score (nSPS) is 30.5. The molecule has 2 aromatic rings. The van der Waals surface area contributed by atoms with Gasteiger partial charge in [-0.05, 0) is 61.8 Å². The molecule has 0 spiro atoms. The first kappa shape index (κ1) is 18.2. The Morgan fingerprint density at radius 2 is 1.75 bits per heavy atom. The molecular formula is C22H28N4OS. The molecule has 6 rings (SSSR count). The average molecular weight is 397 g/mol. The summed E-state index contributed by atoms with van der Waals surface area (Å²) in [5, 5.41) is 12.9. The third-order valence-corrected chi connectivity index (χ3v) is 7.93. The number of carbonyl (C=O) groups excluding carboxylic acids is 1. The van der Waals surface area contributed by atoms with E-state index in [1.165, 1.54) is 55.9 Å². The number of thioether (sulfide) groups is 1. The first-order chi connectivity index (χ1) is 13.6. The average Bonchev–Trinajstić information content (AvgIpc) is 2.99. The zero-order chi connectivity index (χ0) is 19.1. The van der Waals surface area contributed by atoms with Gasteiger partial charge in [-0.25, -0.2) is 0 Å². The Labute approximate surface area is 170 Å². The van der Waals surface area contributed by atoms with Crippen molar-refractivity contribution in [3.05, 3.63) is 41.7 Å². The maximum atomic E-state index is 12.7. The van der Waals surface area contributed by atoms with Gasteiger partial charge in [-0.1, -0.05) is 42.1 Å². The molecule has 4 fully saturated rings. The van der Waals surface area contributed by atoms with E-state index >= 15 is 0 Å². The van der Waals surface area contributed by atoms with Crippen molar-refractivity contribution in [2.45, 2.75) is 55.6 Å². The lowest BCUT2D eigenvalue weighted by molar-refractivity contribution is -0.124. The van der Waals surface area contributed by atoms with Crippen molar-refractivity contribution in [2.75, 3.05) is 5.75 Å². The molecule has 0 aliphatic heterocycles. The Morgan fingerprint density at radius 3 is 2.39 bits per heavy atom. The number of amides is 1.